The molecule has 2 saturated heterocycles. The quantitative estimate of drug-likeness (QED) is 0.620. The Morgan fingerprint density at radius 1 is 1.29 bits per heavy atom. The summed E-state index contributed by atoms with van der Waals surface area (Å²) in [5.74, 6) is -1.28. The average molecular weight is 433 g/mol. The van der Waals surface area contributed by atoms with E-state index < -0.39 is 41.4 Å². The van der Waals surface area contributed by atoms with Crippen molar-refractivity contribution in [3.63, 3.8) is 0 Å². The lowest BCUT2D eigenvalue weighted by Crippen LogP contribution is -2.54. The van der Waals surface area contributed by atoms with Gasteiger partial charge in [-0.3, -0.25) is 19.1 Å². The normalized spacial score (nSPS) is 26.8. The van der Waals surface area contributed by atoms with Gasteiger partial charge in [-0.2, -0.15) is 0 Å². The summed E-state index contributed by atoms with van der Waals surface area (Å²) in [5.41, 5.74) is -0.768. The number of rotatable bonds is 5. The van der Waals surface area contributed by atoms with E-state index in [0.29, 0.717) is 0 Å². The molecule has 0 unspecified atom stereocenters. The van der Waals surface area contributed by atoms with Gasteiger partial charge >= 0.3 is 11.7 Å². The summed E-state index contributed by atoms with van der Waals surface area (Å²) in [6, 6.07) is 0.927. The molecule has 166 valence electrons. The fourth-order valence-electron chi connectivity index (χ4n) is 3.75. The summed E-state index contributed by atoms with van der Waals surface area (Å²) in [5, 5.41) is 2.78. The second-order valence-corrected chi connectivity index (χ2v) is 7.69. The highest BCUT2D eigenvalue weighted by Crippen LogP contribution is 2.39. The summed E-state index contributed by atoms with van der Waals surface area (Å²) in [7, 11) is 1.44. The number of H-pyrrole nitrogens is 1. The Kier molecular flexibility index (Phi) is 5.60. The van der Waals surface area contributed by atoms with E-state index in [1.54, 1.807) is 13.8 Å². The van der Waals surface area contributed by atoms with Crippen LogP contribution in [0.2, 0.25) is 0 Å². The largest absolute Gasteiger partial charge is 0.467 e. The van der Waals surface area contributed by atoms with Crippen LogP contribution < -0.4 is 21.3 Å². The van der Waals surface area contributed by atoms with E-state index in [9.17, 15) is 14.4 Å². The summed E-state index contributed by atoms with van der Waals surface area (Å²) < 4.78 is 24.3. The average Bonchev–Trinajstić information content (AvgIpc) is 3.07. The molecule has 1 amide bonds. The van der Waals surface area contributed by atoms with Crippen molar-refractivity contribution < 1.29 is 23.7 Å². The van der Waals surface area contributed by atoms with Crippen LogP contribution in [-0.2, 0) is 14.2 Å². The Balaban J connectivity index is 1.48. The van der Waals surface area contributed by atoms with Crippen LogP contribution >= 0.6 is 0 Å². The van der Waals surface area contributed by atoms with Gasteiger partial charge in [0.05, 0.1) is 25.3 Å². The highest BCUT2D eigenvalue weighted by Gasteiger charge is 2.52. The molecule has 0 radical (unpaired) electrons. The smallest absolute Gasteiger partial charge is 0.328 e. The van der Waals surface area contributed by atoms with Gasteiger partial charge in [-0.15, -0.1) is 0 Å². The number of nitrogens with one attached hydrogen (secondary N) is 2. The van der Waals surface area contributed by atoms with Crippen molar-refractivity contribution in [2.75, 3.05) is 20.3 Å². The van der Waals surface area contributed by atoms with Gasteiger partial charge in [-0.05, 0) is 13.8 Å². The number of carbonyl (C=O) groups is 1. The number of nitrogens with zero attached hydrogens (tertiary/aromatic N) is 3. The number of methoxy groups -OCH3 is 1. The first-order chi connectivity index (χ1) is 14.8. The Bertz CT molecular complexity index is 1060. The molecule has 0 spiro atoms. The molecule has 31 heavy (non-hydrogen) atoms. The molecule has 12 heteroatoms. The predicted molar refractivity (Wildman–Crippen MR) is 105 cm³/mol. The molecule has 4 atom stereocenters. The molecule has 2 aromatic heterocycles. The maximum absolute atomic E-state index is 12.4. The number of aromatic nitrogens is 4. The molecule has 2 N–H and O–H groups in total. The third-order valence-electron chi connectivity index (χ3n) is 5.14. The predicted octanol–water partition coefficient (Wildman–Crippen LogP) is -0.775. The molecule has 2 aliphatic heterocycles. The van der Waals surface area contributed by atoms with Gasteiger partial charge in [0, 0.05) is 31.2 Å². The minimum atomic E-state index is -0.904. The zero-order valence-electron chi connectivity index (χ0n) is 17.2. The van der Waals surface area contributed by atoms with Crippen LogP contribution in [0.25, 0.3) is 0 Å². The number of fused-ring (bicyclic) bond motifs is 1. The van der Waals surface area contributed by atoms with E-state index in [4.69, 9.17) is 18.9 Å². The lowest BCUT2D eigenvalue weighted by Gasteiger charge is -2.37. The number of hydrogen-bond acceptors (Lipinski definition) is 9. The third-order valence-corrected chi connectivity index (χ3v) is 5.14. The number of ether oxygens (including phenoxy) is 4. The van der Waals surface area contributed by atoms with E-state index in [0.717, 1.165) is 0 Å². The van der Waals surface area contributed by atoms with Gasteiger partial charge < -0.3 is 24.3 Å². The highest BCUT2D eigenvalue weighted by molar-refractivity contribution is 5.93. The van der Waals surface area contributed by atoms with E-state index in [2.05, 4.69) is 20.3 Å². The minimum absolute atomic E-state index is 0.138. The van der Waals surface area contributed by atoms with Crippen LogP contribution in [0.15, 0.2) is 34.2 Å². The zero-order valence-corrected chi connectivity index (χ0v) is 17.2. The van der Waals surface area contributed by atoms with Crippen molar-refractivity contribution in [3.05, 3.63) is 51.1 Å². The van der Waals surface area contributed by atoms with E-state index in [-0.39, 0.29) is 30.6 Å². The van der Waals surface area contributed by atoms with Crippen LogP contribution in [0.5, 0.6) is 6.01 Å². The van der Waals surface area contributed by atoms with Gasteiger partial charge in [-0.25, -0.2) is 14.8 Å². The van der Waals surface area contributed by atoms with Crippen molar-refractivity contribution in [3.8, 4) is 6.01 Å². The van der Waals surface area contributed by atoms with Crippen LogP contribution in [-0.4, -0.2) is 69.8 Å². The van der Waals surface area contributed by atoms with Crippen molar-refractivity contribution in [2.45, 2.75) is 44.0 Å². The van der Waals surface area contributed by atoms with Crippen LogP contribution in [0.3, 0.4) is 0 Å². The molecular weight excluding hydrogens is 410 g/mol. The molecule has 2 aliphatic rings. The van der Waals surface area contributed by atoms with Gasteiger partial charge in [0.2, 0.25) is 0 Å². The van der Waals surface area contributed by atoms with Crippen LogP contribution in [0.4, 0.5) is 0 Å². The first kappa shape index (κ1) is 21.2. The number of hydrogen-bond donors (Lipinski definition) is 2. The van der Waals surface area contributed by atoms with E-state index >= 15 is 0 Å². The Hall–Kier alpha value is -3.09. The Morgan fingerprint density at radius 3 is 2.68 bits per heavy atom. The molecular formula is C19H23N5O7. The fraction of sp³-hybridized carbons (Fsp3) is 0.526. The van der Waals surface area contributed by atoms with Crippen LogP contribution in [0, 0.1) is 0 Å². The molecule has 12 nitrogen and oxygen atoms in total. The van der Waals surface area contributed by atoms with Gasteiger partial charge in [0.15, 0.2) is 5.79 Å². The first-order valence-electron chi connectivity index (χ1n) is 9.70. The zero-order chi connectivity index (χ0) is 22.2. The summed E-state index contributed by atoms with van der Waals surface area (Å²) in [6.07, 6.45) is 2.57. The van der Waals surface area contributed by atoms with E-state index in [1.807, 2.05) is 0 Å². The molecule has 2 aromatic rings. The van der Waals surface area contributed by atoms with Crippen LogP contribution in [0.1, 0.15) is 30.2 Å². The second-order valence-electron chi connectivity index (χ2n) is 7.69. The van der Waals surface area contributed by atoms with Gasteiger partial charge in [-0.1, -0.05) is 0 Å². The maximum atomic E-state index is 12.4. The number of aromatic amines is 1. The summed E-state index contributed by atoms with van der Waals surface area (Å²) in [6.45, 7) is 3.82. The summed E-state index contributed by atoms with van der Waals surface area (Å²) in [4.78, 5) is 46.2. The van der Waals surface area contributed by atoms with E-state index in [1.165, 1.54) is 36.3 Å². The number of amides is 1. The molecule has 0 aromatic carbocycles. The Labute approximate surface area is 176 Å². The van der Waals surface area contributed by atoms with Crippen molar-refractivity contribution in [1.29, 1.82) is 0 Å². The molecule has 2 fully saturated rings. The SMILES string of the molecule is COc1ncc(C(=O)NC[C@H]2OC[C@@H](n3ccc(=O)[nH]c3=O)[C@@H]3OC(C)(C)O[C@@H]32)cn1. The standard InChI is InChI=1S/C19H23N5O7/c1-19(2)30-14-11(24-5-4-13(25)23-18(24)27)9-29-12(15(14)31-19)8-20-16(26)10-6-21-17(28-3)22-7-10/h4-7,11-12,14-15H,8-9H2,1-3H3,(H,20,26)(H,23,25,27)/t11-,12-,14+,15-/m1/s1. The van der Waals surface area contributed by atoms with Gasteiger partial charge in [0.25, 0.3) is 11.5 Å². The third kappa shape index (κ3) is 4.36. The number of carbonyl (C=O) groups excluding carboxylic acids is 1. The molecule has 0 aliphatic carbocycles. The van der Waals surface area contributed by atoms with Gasteiger partial charge in [0.1, 0.15) is 18.3 Å². The highest BCUT2D eigenvalue weighted by atomic mass is 16.8. The lowest BCUT2D eigenvalue weighted by atomic mass is 9.97. The molecule has 4 rings (SSSR count). The van der Waals surface area contributed by atoms with Crippen molar-refractivity contribution >= 4 is 5.91 Å². The summed E-state index contributed by atoms with van der Waals surface area (Å²) >= 11 is 0. The first-order valence-corrected chi connectivity index (χ1v) is 9.70. The lowest BCUT2D eigenvalue weighted by molar-refractivity contribution is -0.153. The topological polar surface area (TPSA) is 147 Å². The minimum Gasteiger partial charge on any atom is -0.467 e. The molecule has 0 bridgehead atoms. The fourth-order valence-corrected chi connectivity index (χ4v) is 3.75. The molecule has 0 saturated carbocycles. The second kappa shape index (κ2) is 8.21. The monoisotopic (exact) mass is 433 g/mol. The van der Waals surface area contributed by atoms with Crippen molar-refractivity contribution in [1.82, 2.24) is 24.8 Å². The van der Waals surface area contributed by atoms with Crippen molar-refractivity contribution in [2.24, 2.45) is 0 Å². The molecule has 4 heterocycles. The maximum Gasteiger partial charge on any atom is 0.328 e. The Morgan fingerprint density at radius 2 is 2.00 bits per heavy atom.